The van der Waals surface area contributed by atoms with Crippen LogP contribution in [0.1, 0.15) is 26.6 Å². The highest BCUT2D eigenvalue weighted by molar-refractivity contribution is 6.22. The molecular weight excluding hydrogens is 338 g/mol. The maximum Gasteiger partial charge on any atom is 0.318 e. The van der Waals surface area contributed by atoms with Crippen molar-refractivity contribution < 1.29 is 18.8 Å². The summed E-state index contributed by atoms with van der Waals surface area (Å²) >= 11 is 0. The SMILES string of the molecule is Cc1nnc(N2CCN(C(=O)CN3C(=O)c4ccccc4C3=O)CC2)o1. The number of anilines is 1. The molecule has 4 rings (SSSR count). The second-order valence-corrected chi connectivity index (χ2v) is 6.21. The molecule has 0 radical (unpaired) electrons. The van der Waals surface area contributed by atoms with E-state index in [1.807, 2.05) is 4.90 Å². The minimum atomic E-state index is -0.418. The molecule has 134 valence electrons. The molecule has 0 N–H and O–H groups in total. The van der Waals surface area contributed by atoms with Gasteiger partial charge in [0.2, 0.25) is 11.8 Å². The largest absolute Gasteiger partial charge is 0.408 e. The first-order valence-electron chi connectivity index (χ1n) is 8.32. The van der Waals surface area contributed by atoms with Crippen molar-refractivity contribution in [3.63, 3.8) is 0 Å². The van der Waals surface area contributed by atoms with E-state index < -0.39 is 11.8 Å². The lowest BCUT2D eigenvalue weighted by atomic mass is 10.1. The van der Waals surface area contributed by atoms with Crippen LogP contribution in [0.3, 0.4) is 0 Å². The maximum absolute atomic E-state index is 12.6. The van der Waals surface area contributed by atoms with E-state index in [4.69, 9.17) is 4.42 Å². The molecule has 1 aromatic carbocycles. The van der Waals surface area contributed by atoms with Gasteiger partial charge in [-0.25, -0.2) is 0 Å². The number of piperazine rings is 1. The smallest absolute Gasteiger partial charge is 0.318 e. The average molecular weight is 355 g/mol. The van der Waals surface area contributed by atoms with E-state index >= 15 is 0 Å². The second kappa shape index (κ2) is 6.25. The fraction of sp³-hybridized carbons (Fsp3) is 0.353. The van der Waals surface area contributed by atoms with E-state index in [2.05, 4.69) is 10.2 Å². The van der Waals surface area contributed by atoms with Crippen molar-refractivity contribution in [1.82, 2.24) is 20.0 Å². The third-order valence-corrected chi connectivity index (χ3v) is 4.59. The molecule has 1 aromatic heterocycles. The van der Waals surface area contributed by atoms with Crippen molar-refractivity contribution in [3.8, 4) is 0 Å². The number of carbonyl (C=O) groups is 3. The van der Waals surface area contributed by atoms with E-state index in [-0.39, 0.29) is 12.5 Å². The highest BCUT2D eigenvalue weighted by Gasteiger charge is 2.37. The number of imide groups is 1. The van der Waals surface area contributed by atoms with E-state index in [0.717, 1.165) is 4.90 Å². The van der Waals surface area contributed by atoms with Crippen LogP contribution < -0.4 is 4.90 Å². The molecule has 2 aliphatic rings. The van der Waals surface area contributed by atoms with Gasteiger partial charge in [-0.1, -0.05) is 17.2 Å². The van der Waals surface area contributed by atoms with E-state index in [1.54, 1.807) is 36.1 Å². The Labute approximate surface area is 149 Å². The minimum absolute atomic E-state index is 0.244. The van der Waals surface area contributed by atoms with Gasteiger partial charge in [-0.05, 0) is 12.1 Å². The van der Waals surface area contributed by atoms with E-state index in [9.17, 15) is 14.4 Å². The minimum Gasteiger partial charge on any atom is -0.408 e. The molecule has 0 bridgehead atoms. The number of carbonyl (C=O) groups excluding carboxylic acids is 3. The fourth-order valence-electron chi connectivity index (χ4n) is 3.18. The lowest BCUT2D eigenvalue weighted by Gasteiger charge is -2.34. The maximum atomic E-state index is 12.6. The quantitative estimate of drug-likeness (QED) is 0.731. The van der Waals surface area contributed by atoms with Gasteiger partial charge in [0.05, 0.1) is 11.1 Å². The summed E-state index contributed by atoms with van der Waals surface area (Å²) in [5.41, 5.74) is 0.698. The predicted molar refractivity (Wildman–Crippen MR) is 89.6 cm³/mol. The van der Waals surface area contributed by atoms with Crippen molar-refractivity contribution in [1.29, 1.82) is 0 Å². The van der Waals surface area contributed by atoms with Crippen LogP contribution in [0, 0.1) is 6.92 Å². The Bertz CT molecular complexity index is 850. The van der Waals surface area contributed by atoms with Crippen LogP contribution >= 0.6 is 0 Å². The Kier molecular flexibility index (Phi) is 3.90. The van der Waals surface area contributed by atoms with Crippen LogP contribution in [0.15, 0.2) is 28.7 Å². The van der Waals surface area contributed by atoms with Crippen molar-refractivity contribution in [2.75, 3.05) is 37.6 Å². The molecule has 26 heavy (non-hydrogen) atoms. The third-order valence-electron chi connectivity index (χ3n) is 4.59. The summed E-state index contributed by atoms with van der Waals surface area (Å²) in [6.07, 6.45) is 0. The Hall–Kier alpha value is -3.23. The number of benzene rings is 1. The molecule has 2 aliphatic heterocycles. The molecule has 3 amide bonds. The van der Waals surface area contributed by atoms with Gasteiger partial charge in [0.1, 0.15) is 6.54 Å². The molecular formula is C17H17N5O4. The van der Waals surface area contributed by atoms with Gasteiger partial charge in [-0.15, -0.1) is 5.10 Å². The standard InChI is InChI=1S/C17H17N5O4/c1-11-18-19-17(26-11)21-8-6-20(7-9-21)14(23)10-22-15(24)12-4-2-3-5-13(12)16(22)25/h2-5H,6-10H2,1H3. The van der Waals surface area contributed by atoms with E-state index in [0.29, 0.717) is 49.2 Å². The number of hydrogen-bond acceptors (Lipinski definition) is 7. The third kappa shape index (κ3) is 2.71. The van der Waals surface area contributed by atoms with Crippen molar-refractivity contribution in [3.05, 3.63) is 41.3 Å². The lowest BCUT2D eigenvalue weighted by Crippen LogP contribution is -2.52. The lowest BCUT2D eigenvalue weighted by molar-refractivity contribution is -0.131. The van der Waals surface area contributed by atoms with Gasteiger partial charge in [0.25, 0.3) is 11.8 Å². The van der Waals surface area contributed by atoms with Crippen molar-refractivity contribution in [2.24, 2.45) is 0 Å². The molecule has 0 unspecified atom stereocenters. The van der Waals surface area contributed by atoms with Crippen LogP contribution in [-0.2, 0) is 4.79 Å². The van der Waals surface area contributed by atoms with Gasteiger partial charge in [-0.3, -0.25) is 19.3 Å². The van der Waals surface area contributed by atoms with Crippen LogP contribution in [0.4, 0.5) is 6.01 Å². The highest BCUT2D eigenvalue weighted by atomic mass is 16.4. The molecule has 1 saturated heterocycles. The zero-order valence-corrected chi connectivity index (χ0v) is 14.2. The van der Waals surface area contributed by atoms with Gasteiger partial charge in [-0.2, -0.15) is 0 Å². The number of rotatable bonds is 3. The van der Waals surface area contributed by atoms with Crippen LogP contribution in [0.2, 0.25) is 0 Å². The summed E-state index contributed by atoms with van der Waals surface area (Å²) in [6.45, 7) is 3.50. The van der Waals surface area contributed by atoms with Crippen molar-refractivity contribution >= 4 is 23.7 Å². The number of amides is 3. The zero-order chi connectivity index (χ0) is 18.3. The second-order valence-electron chi connectivity index (χ2n) is 6.21. The molecule has 0 spiro atoms. The summed E-state index contributed by atoms with van der Waals surface area (Å²) < 4.78 is 5.39. The summed E-state index contributed by atoms with van der Waals surface area (Å²) in [4.78, 5) is 41.8. The first-order chi connectivity index (χ1) is 12.5. The Morgan fingerprint density at radius 3 is 2.19 bits per heavy atom. The normalized spacial score (nSPS) is 17.0. The highest BCUT2D eigenvalue weighted by Crippen LogP contribution is 2.22. The first kappa shape index (κ1) is 16.2. The topological polar surface area (TPSA) is 99.9 Å². The van der Waals surface area contributed by atoms with Gasteiger partial charge in [0, 0.05) is 33.1 Å². The molecule has 9 heteroatoms. The summed E-state index contributed by atoms with van der Waals surface area (Å²) in [6, 6.07) is 7.05. The fourth-order valence-corrected chi connectivity index (χ4v) is 3.18. The molecule has 0 saturated carbocycles. The van der Waals surface area contributed by atoms with Crippen molar-refractivity contribution in [2.45, 2.75) is 6.92 Å². The van der Waals surface area contributed by atoms with Crippen LogP contribution in [-0.4, -0.2) is 70.4 Å². The van der Waals surface area contributed by atoms with Crippen LogP contribution in [0.25, 0.3) is 0 Å². The number of fused-ring (bicyclic) bond motifs is 1. The zero-order valence-electron chi connectivity index (χ0n) is 14.2. The number of hydrogen-bond donors (Lipinski definition) is 0. The Balaban J connectivity index is 1.38. The Morgan fingerprint density at radius 1 is 1.04 bits per heavy atom. The molecule has 3 heterocycles. The van der Waals surface area contributed by atoms with Crippen LogP contribution in [0.5, 0.6) is 0 Å². The molecule has 9 nitrogen and oxygen atoms in total. The monoisotopic (exact) mass is 355 g/mol. The predicted octanol–water partition coefficient (Wildman–Crippen LogP) is 0.323. The van der Waals surface area contributed by atoms with Gasteiger partial charge in [0.15, 0.2) is 0 Å². The number of aromatic nitrogens is 2. The molecule has 0 aliphatic carbocycles. The molecule has 0 atom stereocenters. The summed E-state index contributed by atoms with van der Waals surface area (Å²) in [7, 11) is 0. The first-order valence-corrected chi connectivity index (χ1v) is 8.32. The van der Waals surface area contributed by atoms with Gasteiger partial charge < -0.3 is 14.2 Å². The molecule has 2 aromatic rings. The molecule has 1 fully saturated rings. The number of nitrogens with zero attached hydrogens (tertiary/aromatic N) is 5. The summed E-state index contributed by atoms with van der Waals surface area (Å²) in [5.74, 6) is -0.595. The van der Waals surface area contributed by atoms with E-state index in [1.165, 1.54) is 0 Å². The Morgan fingerprint density at radius 2 is 1.65 bits per heavy atom. The van der Waals surface area contributed by atoms with Gasteiger partial charge >= 0.3 is 6.01 Å². The average Bonchev–Trinajstić information content (AvgIpc) is 3.20. The summed E-state index contributed by atoms with van der Waals surface area (Å²) in [5, 5.41) is 7.77. The number of aryl methyl sites for hydroxylation is 1.